The second-order valence-electron chi connectivity index (χ2n) is 6.99. The van der Waals surface area contributed by atoms with Crippen LogP contribution in [-0.4, -0.2) is 41.1 Å². The first-order valence-electron chi connectivity index (χ1n) is 7.48. The lowest BCUT2D eigenvalue weighted by molar-refractivity contribution is -0.137. The fraction of sp³-hybridized carbons (Fsp3) is 0.867. The molecular formula is C15H28N2O3. The predicted molar refractivity (Wildman–Crippen MR) is 78.6 cm³/mol. The summed E-state index contributed by atoms with van der Waals surface area (Å²) in [5.41, 5.74) is -0.0130. The van der Waals surface area contributed by atoms with Gasteiger partial charge in [0.1, 0.15) is 0 Å². The summed E-state index contributed by atoms with van der Waals surface area (Å²) in [5.74, 6) is -0.231. The van der Waals surface area contributed by atoms with E-state index in [0.717, 1.165) is 6.54 Å². The van der Waals surface area contributed by atoms with Gasteiger partial charge in [-0.1, -0.05) is 20.8 Å². The second kappa shape index (κ2) is 6.95. The molecule has 0 spiro atoms. The zero-order valence-corrected chi connectivity index (χ0v) is 13.1. The Hall–Kier alpha value is -1.26. The highest BCUT2D eigenvalue weighted by Gasteiger charge is 2.28. The smallest absolute Gasteiger partial charge is 0.317 e. The number of hydrogen-bond donors (Lipinski definition) is 2. The quantitative estimate of drug-likeness (QED) is 0.755. The zero-order chi connectivity index (χ0) is 15.3. The molecule has 1 unspecified atom stereocenters. The van der Waals surface area contributed by atoms with Gasteiger partial charge in [-0.2, -0.15) is 0 Å². The average Bonchev–Trinajstić information content (AvgIpc) is 3.05. The normalized spacial score (nSPS) is 16.6. The van der Waals surface area contributed by atoms with Crippen LogP contribution >= 0.6 is 0 Å². The van der Waals surface area contributed by atoms with E-state index in [-0.39, 0.29) is 23.9 Å². The molecule has 20 heavy (non-hydrogen) atoms. The Balaban J connectivity index is 2.56. The van der Waals surface area contributed by atoms with E-state index in [0.29, 0.717) is 18.9 Å². The Morgan fingerprint density at radius 2 is 1.95 bits per heavy atom. The lowest BCUT2D eigenvalue weighted by Gasteiger charge is -2.29. The number of carbonyl (C=O) groups is 2. The molecule has 5 nitrogen and oxygen atoms in total. The van der Waals surface area contributed by atoms with Gasteiger partial charge < -0.3 is 15.3 Å². The topological polar surface area (TPSA) is 69.6 Å². The van der Waals surface area contributed by atoms with Crippen LogP contribution in [0, 0.1) is 11.3 Å². The number of carboxylic acids is 1. The van der Waals surface area contributed by atoms with Crippen molar-refractivity contribution in [1.29, 1.82) is 0 Å². The molecule has 0 aromatic carbocycles. The Bertz CT molecular complexity index is 346. The van der Waals surface area contributed by atoms with E-state index in [4.69, 9.17) is 5.11 Å². The zero-order valence-electron chi connectivity index (χ0n) is 13.1. The van der Waals surface area contributed by atoms with Gasteiger partial charge in [0.2, 0.25) is 0 Å². The fourth-order valence-electron chi connectivity index (χ4n) is 2.36. The van der Waals surface area contributed by atoms with Crippen LogP contribution in [0.1, 0.15) is 53.4 Å². The van der Waals surface area contributed by atoms with Crippen LogP contribution in [0.15, 0.2) is 0 Å². The maximum atomic E-state index is 12.2. The van der Waals surface area contributed by atoms with Crippen LogP contribution in [-0.2, 0) is 4.79 Å². The summed E-state index contributed by atoms with van der Waals surface area (Å²) in [4.78, 5) is 25.0. The highest BCUT2D eigenvalue weighted by Crippen LogP contribution is 2.29. The molecule has 1 aliphatic rings. The fourth-order valence-corrected chi connectivity index (χ4v) is 2.36. The maximum Gasteiger partial charge on any atom is 0.317 e. The molecule has 1 atom stereocenters. The number of carboxylic acid groups (broad SMARTS) is 1. The lowest BCUT2D eigenvalue weighted by Crippen LogP contribution is -2.47. The molecule has 0 aliphatic heterocycles. The monoisotopic (exact) mass is 284 g/mol. The van der Waals surface area contributed by atoms with E-state index in [2.05, 4.69) is 26.1 Å². The third kappa shape index (κ3) is 6.78. The molecule has 0 bridgehead atoms. The van der Waals surface area contributed by atoms with E-state index in [9.17, 15) is 9.59 Å². The molecule has 1 fully saturated rings. The molecule has 116 valence electrons. The van der Waals surface area contributed by atoms with Gasteiger partial charge in [0.25, 0.3) is 0 Å². The van der Waals surface area contributed by atoms with Gasteiger partial charge in [-0.05, 0) is 37.5 Å². The Labute approximate surface area is 121 Å². The molecule has 1 saturated carbocycles. The van der Waals surface area contributed by atoms with Gasteiger partial charge in [0.15, 0.2) is 0 Å². The molecule has 5 heteroatoms. The van der Waals surface area contributed by atoms with E-state index >= 15 is 0 Å². The average molecular weight is 284 g/mol. The van der Waals surface area contributed by atoms with Gasteiger partial charge in [-0.3, -0.25) is 4.79 Å². The number of nitrogens with zero attached hydrogens (tertiary/aromatic N) is 1. The van der Waals surface area contributed by atoms with Crippen molar-refractivity contribution < 1.29 is 14.7 Å². The molecule has 0 heterocycles. The molecule has 0 aromatic rings. The van der Waals surface area contributed by atoms with Crippen LogP contribution in [0.3, 0.4) is 0 Å². The largest absolute Gasteiger partial charge is 0.481 e. The van der Waals surface area contributed by atoms with Gasteiger partial charge in [0, 0.05) is 19.1 Å². The van der Waals surface area contributed by atoms with Crippen molar-refractivity contribution >= 4 is 12.0 Å². The minimum Gasteiger partial charge on any atom is -0.481 e. The number of nitrogens with one attached hydrogen (secondary N) is 1. The highest BCUT2D eigenvalue weighted by molar-refractivity contribution is 5.76. The first-order valence-corrected chi connectivity index (χ1v) is 7.48. The van der Waals surface area contributed by atoms with Crippen molar-refractivity contribution in [1.82, 2.24) is 10.2 Å². The van der Waals surface area contributed by atoms with Gasteiger partial charge >= 0.3 is 12.0 Å². The SMILES string of the molecule is CCN(CC1CC1)C(=O)NC(CC(=O)O)CC(C)(C)C. The van der Waals surface area contributed by atoms with Crippen molar-refractivity contribution in [2.75, 3.05) is 13.1 Å². The number of hydrogen-bond acceptors (Lipinski definition) is 2. The molecule has 0 radical (unpaired) electrons. The Morgan fingerprint density at radius 3 is 2.35 bits per heavy atom. The van der Waals surface area contributed by atoms with Gasteiger partial charge in [-0.15, -0.1) is 0 Å². The minimum atomic E-state index is -0.871. The van der Waals surface area contributed by atoms with Crippen LogP contribution in [0.2, 0.25) is 0 Å². The van der Waals surface area contributed by atoms with Crippen LogP contribution < -0.4 is 5.32 Å². The Morgan fingerprint density at radius 1 is 1.35 bits per heavy atom. The van der Waals surface area contributed by atoms with Crippen molar-refractivity contribution in [3.8, 4) is 0 Å². The maximum absolute atomic E-state index is 12.2. The number of rotatable bonds is 7. The van der Waals surface area contributed by atoms with Crippen molar-refractivity contribution in [2.24, 2.45) is 11.3 Å². The molecule has 1 rings (SSSR count). The summed E-state index contributed by atoms with van der Waals surface area (Å²) in [6, 6.07) is -0.442. The summed E-state index contributed by atoms with van der Waals surface area (Å²) >= 11 is 0. The minimum absolute atomic E-state index is 0.0130. The summed E-state index contributed by atoms with van der Waals surface area (Å²) in [6.07, 6.45) is 3.03. The standard InChI is InChI=1S/C15H28N2O3/c1-5-17(10-11-6-7-11)14(20)16-12(8-13(18)19)9-15(2,3)4/h11-12H,5-10H2,1-4H3,(H,16,20)(H,18,19). The number of aliphatic carboxylic acids is 1. The van der Waals surface area contributed by atoms with Crippen LogP contribution in [0.25, 0.3) is 0 Å². The van der Waals surface area contributed by atoms with Gasteiger partial charge in [-0.25, -0.2) is 4.79 Å². The van der Waals surface area contributed by atoms with Crippen LogP contribution in [0.5, 0.6) is 0 Å². The van der Waals surface area contributed by atoms with E-state index < -0.39 is 5.97 Å². The first kappa shape index (κ1) is 16.8. The third-order valence-corrected chi connectivity index (χ3v) is 3.45. The lowest BCUT2D eigenvalue weighted by atomic mass is 9.87. The first-order chi connectivity index (χ1) is 9.21. The molecular weight excluding hydrogens is 256 g/mol. The summed E-state index contributed by atoms with van der Waals surface area (Å²) in [5, 5.41) is 11.9. The van der Waals surface area contributed by atoms with E-state index in [1.165, 1.54) is 12.8 Å². The van der Waals surface area contributed by atoms with Crippen molar-refractivity contribution in [3.05, 3.63) is 0 Å². The number of urea groups is 1. The summed E-state index contributed by atoms with van der Waals surface area (Å²) < 4.78 is 0. The molecule has 0 aromatic heterocycles. The van der Waals surface area contributed by atoms with Crippen molar-refractivity contribution in [2.45, 2.75) is 59.4 Å². The highest BCUT2D eigenvalue weighted by atomic mass is 16.4. The molecule has 2 N–H and O–H groups in total. The molecule has 2 amide bonds. The second-order valence-corrected chi connectivity index (χ2v) is 6.99. The third-order valence-electron chi connectivity index (χ3n) is 3.45. The molecule has 1 aliphatic carbocycles. The summed E-state index contributed by atoms with van der Waals surface area (Å²) in [6.45, 7) is 9.56. The number of amides is 2. The predicted octanol–water partition coefficient (Wildman–Crippen LogP) is 2.71. The molecule has 0 saturated heterocycles. The van der Waals surface area contributed by atoms with Gasteiger partial charge in [0.05, 0.1) is 6.42 Å². The Kier molecular flexibility index (Phi) is 5.84. The summed E-state index contributed by atoms with van der Waals surface area (Å²) in [7, 11) is 0. The van der Waals surface area contributed by atoms with E-state index in [1.807, 2.05) is 6.92 Å². The van der Waals surface area contributed by atoms with Crippen LogP contribution in [0.4, 0.5) is 4.79 Å². The van der Waals surface area contributed by atoms with E-state index in [1.54, 1.807) is 4.90 Å². The van der Waals surface area contributed by atoms with Crippen molar-refractivity contribution in [3.63, 3.8) is 0 Å². The number of carbonyl (C=O) groups excluding carboxylic acids is 1.